The number of Topliss-reactive ketones (excluding diaryl/α,β-unsaturated/α-hetero) is 1. The summed E-state index contributed by atoms with van der Waals surface area (Å²) in [4.78, 5) is 43.8. The number of rotatable bonds is 5. The standard InChI is InChI=1S/C23H22Cl2N4O3.C2H6/c1-13-11-28(12-14-3-2-4-15(24)7-14)5-6-29(13)23(32)17-8-16-18(21(30)22(26)31)10-27-20(16)9-19(17)25;1-2/h2-4,7-10,13,27H,5-6,11-12H2,1H3,(H2,26,31);1-2H3. The molecule has 2 heterocycles. The predicted octanol–water partition coefficient (Wildman–Crippen LogP) is 4.52. The Balaban J connectivity index is 0.00000158. The van der Waals surface area contributed by atoms with Gasteiger partial charge in [-0.15, -0.1) is 0 Å². The van der Waals surface area contributed by atoms with E-state index in [0.29, 0.717) is 35.6 Å². The van der Waals surface area contributed by atoms with E-state index in [2.05, 4.69) is 9.88 Å². The van der Waals surface area contributed by atoms with Crippen molar-refractivity contribution in [2.24, 2.45) is 5.73 Å². The first-order valence-electron chi connectivity index (χ1n) is 11.2. The van der Waals surface area contributed by atoms with Gasteiger partial charge in [0.2, 0.25) is 0 Å². The van der Waals surface area contributed by atoms with Crippen molar-refractivity contribution in [3.8, 4) is 0 Å². The SMILES string of the molecule is CC.CC1CN(Cc2cccc(Cl)c2)CCN1C(=O)c1cc2c(C(=O)C(N)=O)c[nH]c2cc1Cl. The number of benzene rings is 2. The third-order valence-electron chi connectivity index (χ3n) is 5.74. The molecule has 1 unspecified atom stereocenters. The number of primary amides is 1. The van der Waals surface area contributed by atoms with E-state index in [1.54, 1.807) is 17.0 Å². The lowest BCUT2D eigenvalue weighted by Gasteiger charge is -2.40. The van der Waals surface area contributed by atoms with Crippen LogP contribution in [0.4, 0.5) is 0 Å². The van der Waals surface area contributed by atoms with Gasteiger partial charge in [0.05, 0.1) is 16.1 Å². The highest BCUT2D eigenvalue weighted by Gasteiger charge is 2.30. The molecule has 1 aromatic heterocycles. The first-order chi connectivity index (χ1) is 16.2. The molecule has 1 atom stereocenters. The summed E-state index contributed by atoms with van der Waals surface area (Å²) in [5.41, 5.74) is 7.22. The number of ketones is 1. The minimum atomic E-state index is -1.06. The molecule has 0 spiro atoms. The number of aromatic amines is 1. The molecule has 4 rings (SSSR count). The normalized spacial score (nSPS) is 16.1. The van der Waals surface area contributed by atoms with Gasteiger partial charge in [-0.25, -0.2) is 0 Å². The Morgan fingerprint density at radius 1 is 1.09 bits per heavy atom. The van der Waals surface area contributed by atoms with E-state index in [1.807, 2.05) is 45.0 Å². The number of H-pyrrole nitrogens is 1. The Kier molecular flexibility index (Phi) is 8.36. The number of nitrogens with one attached hydrogen (secondary N) is 1. The molecule has 3 N–H and O–H groups in total. The second-order valence-corrected chi connectivity index (χ2v) is 8.83. The van der Waals surface area contributed by atoms with Crippen molar-refractivity contribution in [1.82, 2.24) is 14.8 Å². The Bertz CT molecular complexity index is 1220. The minimum absolute atomic E-state index is 0.0415. The maximum atomic E-state index is 13.3. The number of carbonyl (C=O) groups excluding carboxylic acids is 3. The molecule has 0 radical (unpaired) electrons. The van der Waals surface area contributed by atoms with E-state index in [9.17, 15) is 14.4 Å². The van der Waals surface area contributed by atoms with E-state index >= 15 is 0 Å². The average Bonchev–Trinajstić information content (AvgIpc) is 3.21. The van der Waals surface area contributed by atoms with Crippen LogP contribution in [0.1, 0.15) is 47.1 Å². The number of nitrogens with two attached hydrogens (primary N) is 1. The number of hydrogen-bond donors (Lipinski definition) is 2. The molecule has 2 amide bonds. The first kappa shape index (κ1) is 25.7. The summed E-state index contributed by atoms with van der Waals surface area (Å²) < 4.78 is 0. The van der Waals surface area contributed by atoms with E-state index in [4.69, 9.17) is 28.9 Å². The summed E-state index contributed by atoms with van der Waals surface area (Å²) >= 11 is 12.5. The lowest BCUT2D eigenvalue weighted by atomic mass is 10.0. The average molecular weight is 503 g/mol. The van der Waals surface area contributed by atoms with Crippen LogP contribution in [0.3, 0.4) is 0 Å². The zero-order valence-electron chi connectivity index (χ0n) is 19.4. The van der Waals surface area contributed by atoms with Crippen LogP contribution in [0.25, 0.3) is 10.9 Å². The van der Waals surface area contributed by atoms with Gasteiger partial charge in [-0.1, -0.05) is 49.2 Å². The van der Waals surface area contributed by atoms with Crippen molar-refractivity contribution in [1.29, 1.82) is 0 Å². The minimum Gasteiger partial charge on any atom is -0.363 e. The largest absolute Gasteiger partial charge is 0.363 e. The lowest BCUT2D eigenvalue weighted by Crippen LogP contribution is -2.53. The number of amides is 2. The fraction of sp³-hybridized carbons (Fsp3) is 0.320. The summed E-state index contributed by atoms with van der Waals surface area (Å²) in [5.74, 6) is -2.09. The molecule has 3 aromatic rings. The maximum Gasteiger partial charge on any atom is 0.289 e. The second-order valence-electron chi connectivity index (χ2n) is 7.99. The maximum absolute atomic E-state index is 13.3. The van der Waals surface area contributed by atoms with Gasteiger partial charge in [-0.3, -0.25) is 19.3 Å². The lowest BCUT2D eigenvalue weighted by molar-refractivity contribution is -0.114. The zero-order chi connectivity index (χ0) is 25.0. The highest BCUT2D eigenvalue weighted by molar-refractivity contribution is 6.44. The number of fused-ring (bicyclic) bond motifs is 1. The molecule has 1 aliphatic heterocycles. The molecule has 1 saturated heterocycles. The van der Waals surface area contributed by atoms with Crippen molar-refractivity contribution >= 4 is 51.7 Å². The molecule has 0 saturated carbocycles. The van der Waals surface area contributed by atoms with E-state index in [1.165, 1.54) is 6.20 Å². The summed E-state index contributed by atoms with van der Waals surface area (Å²) in [7, 11) is 0. The topological polar surface area (TPSA) is 99.5 Å². The Morgan fingerprint density at radius 2 is 1.82 bits per heavy atom. The molecule has 2 aromatic carbocycles. The molecule has 0 aliphatic carbocycles. The van der Waals surface area contributed by atoms with Gasteiger partial charge < -0.3 is 15.6 Å². The van der Waals surface area contributed by atoms with Crippen LogP contribution in [0.15, 0.2) is 42.6 Å². The fourth-order valence-corrected chi connectivity index (χ4v) is 4.61. The smallest absolute Gasteiger partial charge is 0.289 e. The Labute approximate surface area is 208 Å². The predicted molar refractivity (Wildman–Crippen MR) is 135 cm³/mol. The van der Waals surface area contributed by atoms with Crippen LogP contribution in [0.2, 0.25) is 10.0 Å². The Hall–Kier alpha value is -2.87. The zero-order valence-corrected chi connectivity index (χ0v) is 20.9. The molecule has 180 valence electrons. The van der Waals surface area contributed by atoms with Gasteiger partial charge >= 0.3 is 0 Å². The van der Waals surface area contributed by atoms with Gasteiger partial charge in [-0.2, -0.15) is 0 Å². The second kappa shape index (κ2) is 11.0. The molecular formula is C25H28Cl2N4O3. The summed E-state index contributed by atoms with van der Waals surface area (Å²) in [6, 6.07) is 10.8. The van der Waals surface area contributed by atoms with Gasteiger partial charge in [-0.05, 0) is 36.8 Å². The van der Waals surface area contributed by atoms with Crippen LogP contribution < -0.4 is 5.73 Å². The van der Waals surface area contributed by atoms with Crippen LogP contribution in [-0.2, 0) is 11.3 Å². The van der Waals surface area contributed by atoms with Crippen molar-refractivity contribution in [3.63, 3.8) is 0 Å². The quantitative estimate of drug-likeness (QED) is 0.395. The van der Waals surface area contributed by atoms with Gasteiger partial charge in [0, 0.05) is 54.3 Å². The third-order valence-corrected chi connectivity index (χ3v) is 6.28. The number of hydrogen-bond acceptors (Lipinski definition) is 4. The third kappa shape index (κ3) is 5.43. The first-order valence-corrected chi connectivity index (χ1v) is 11.9. The van der Waals surface area contributed by atoms with Crippen molar-refractivity contribution < 1.29 is 14.4 Å². The molecule has 34 heavy (non-hydrogen) atoms. The summed E-state index contributed by atoms with van der Waals surface area (Å²) in [6.07, 6.45) is 1.40. The van der Waals surface area contributed by atoms with E-state index in [-0.39, 0.29) is 28.1 Å². The molecule has 7 nitrogen and oxygen atoms in total. The van der Waals surface area contributed by atoms with Crippen molar-refractivity contribution in [2.45, 2.75) is 33.4 Å². The molecule has 0 bridgehead atoms. The number of carbonyl (C=O) groups is 3. The molecule has 9 heteroatoms. The van der Waals surface area contributed by atoms with E-state index in [0.717, 1.165) is 12.1 Å². The number of piperazine rings is 1. The molecular weight excluding hydrogens is 475 g/mol. The van der Waals surface area contributed by atoms with Crippen LogP contribution in [-0.4, -0.2) is 58.1 Å². The molecule has 1 aliphatic rings. The fourth-order valence-electron chi connectivity index (χ4n) is 4.15. The number of aromatic nitrogens is 1. The van der Waals surface area contributed by atoms with Crippen LogP contribution >= 0.6 is 23.2 Å². The summed E-state index contributed by atoms with van der Waals surface area (Å²) in [5, 5.41) is 1.41. The highest BCUT2D eigenvalue weighted by atomic mass is 35.5. The van der Waals surface area contributed by atoms with Crippen LogP contribution in [0, 0.1) is 0 Å². The highest BCUT2D eigenvalue weighted by Crippen LogP contribution is 2.28. The number of halogens is 2. The van der Waals surface area contributed by atoms with Gasteiger partial charge in [0.15, 0.2) is 0 Å². The van der Waals surface area contributed by atoms with Gasteiger partial charge in [0.1, 0.15) is 0 Å². The molecule has 1 fully saturated rings. The van der Waals surface area contributed by atoms with Gasteiger partial charge in [0.25, 0.3) is 17.6 Å². The number of nitrogens with zero attached hydrogens (tertiary/aromatic N) is 2. The summed E-state index contributed by atoms with van der Waals surface area (Å²) in [6.45, 7) is 8.69. The van der Waals surface area contributed by atoms with E-state index < -0.39 is 11.7 Å². The van der Waals surface area contributed by atoms with Crippen LogP contribution in [0.5, 0.6) is 0 Å². The van der Waals surface area contributed by atoms with Crippen molar-refractivity contribution in [2.75, 3.05) is 19.6 Å². The van der Waals surface area contributed by atoms with Crippen molar-refractivity contribution in [3.05, 3.63) is 69.3 Å². The monoisotopic (exact) mass is 502 g/mol. The Morgan fingerprint density at radius 3 is 2.47 bits per heavy atom.